The molecule has 0 amide bonds. The Bertz CT molecular complexity index is 281. The summed E-state index contributed by atoms with van der Waals surface area (Å²) in [7, 11) is 0. The molecule has 2 rings (SSSR count). The number of hydrogen-bond donors (Lipinski definition) is 0. The van der Waals surface area contributed by atoms with Gasteiger partial charge >= 0.3 is 0 Å². The number of para-hydroxylation sites is 1. The van der Waals surface area contributed by atoms with Crippen LogP contribution in [0.5, 0.6) is 0 Å². The van der Waals surface area contributed by atoms with Gasteiger partial charge in [0.05, 0.1) is 5.52 Å². The smallest absolute Gasteiger partial charge is 0.0701 e. The fourth-order valence-corrected chi connectivity index (χ4v) is 1.02. The molecule has 0 aliphatic carbocycles. The summed E-state index contributed by atoms with van der Waals surface area (Å²) in [5, 5.41) is 1.20. The average molecular weight is 188 g/mol. The molecule has 1 radical (unpaired) electrons. The van der Waals surface area contributed by atoms with Crippen LogP contribution in [0.3, 0.4) is 0 Å². The van der Waals surface area contributed by atoms with Crippen molar-refractivity contribution >= 4 is 10.9 Å². The molecule has 0 fully saturated rings. The average Bonchev–Trinajstić information content (AvgIpc) is 2.05. The summed E-state index contributed by atoms with van der Waals surface area (Å²) in [6.07, 6.45) is 1.81. The zero-order valence-electron chi connectivity index (χ0n) is 5.82. The molecule has 0 aliphatic rings. The van der Waals surface area contributed by atoms with Crippen LogP contribution in [0.2, 0.25) is 0 Å². The van der Waals surface area contributed by atoms with Crippen molar-refractivity contribution < 1.29 is 16.8 Å². The number of nitrogens with zero attached hydrogens (tertiary/aromatic N) is 1. The third-order valence-electron chi connectivity index (χ3n) is 1.51. The third-order valence-corrected chi connectivity index (χ3v) is 1.51. The minimum atomic E-state index is 0. The van der Waals surface area contributed by atoms with E-state index >= 15 is 0 Å². The largest absolute Gasteiger partial charge is 0.256 e. The molecule has 1 nitrogen and oxygen atoms in total. The van der Waals surface area contributed by atoms with Crippen LogP contribution in [0.1, 0.15) is 0 Å². The van der Waals surface area contributed by atoms with E-state index in [0.717, 1.165) is 5.52 Å². The molecule has 11 heavy (non-hydrogen) atoms. The van der Waals surface area contributed by atoms with Gasteiger partial charge in [0.2, 0.25) is 0 Å². The molecule has 0 saturated carbocycles. The molecule has 0 bridgehead atoms. The first-order valence-electron chi connectivity index (χ1n) is 3.26. The Hall–Kier alpha value is -0.864. The topological polar surface area (TPSA) is 12.9 Å². The summed E-state index contributed by atoms with van der Waals surface area (Å²) < 4.78 is 0. The van der Waals surface area contributed by atoms with E-state index in [2.05, 4.69) is 17.1 Å². The number of pyridine rings is 1. The van der Waals surface area contributed by atoms with Gasteiger partial charge < -0.3 is 0 Å². The van der Waals surface area contributed by atoms with Crippen LogP contribution in [-0.2, 0) is 16.8 Å². The Morgan fingerprint density at radius 3 is 2.45 bits per heavy atom. The third kappa shape index (κ3) is 1.58. The minimum Gasteiger partial charge on any atom is -0.256 e. The Balaban J connectivity index is 0.000000605. The van der Waals surface area contributed by atoms with Gasteiger partial charge in [0, 0.05) is 28.4 Å². The van der Waals surface area contributed by atoms with E-state index in [9.17, 15) is 0 Å². The maximum absolute atomic E-state index is 4.18. The van der Waals surface area contributed by atoms with Crippen molar-refractivity contribution in [1.82, 2.24) is 4.98 Å². The maximum Gasteiger partial charge on any atom is 0.0701 e. The molecule has 2 heteroatoms. The molecule has 0 atom stereocenters. The molecule has 1 heterocycles. The summed E-state index contributed by atoms with van der Waals surface area (Å²) in [4.78, 5) is 4.18. The molecule has 0 spiro atoms. The van der Waals surface area contributed by atoms with E-state index in [1.807, 2.05) is 30.5 Å². The van der Waals surface area contributed by atoms with Gasteiger partial charge in [-0.1, -0.05) is 24.3 Å². The quantitative estimate of drug-likeness (QED) is 0.617. The van der Waals surface area contributed by atoms with Gasteiger partial charge in [0.15, 0.2) is 0 Å². The summed E-state index contributed by atoms with van der Waals surface area (Å²) in [6.45, 7) is 0. The van der Waals surface area contributed by atoms with Crippen molar-refractivity contribution in [2.45, 2.75) is 0 Å². The monoisotopic (exact) mass is 188 g/mol. The first kappa shape index (κ1) is 8.24. The molecular weight excluding hydrogens is 181 g/mol. The van der Waals surface area contributed by atoms with Crippen LogP contribution in [0.4, 0.5) is 0 Å². The van der Waals surface area contributed by atoms with Crippen LogP contribution in [0.25, 0.3) is 10.9 Å². The molecule has 57 valence electrons. The van der Waals surface area contributed by atoms with Gasteiger partial charge in [-0.05, 0) is 12.1 Å². The van der Waals surface area contributed by atoms with Crippen molar-refractivity contribution in [3.63, 3.8) is 0 Å². The molecule has 0 aliphatic heterocycles. The van der Waals surface area contributed by atoms with Gasteiger partial charge in [-0.2, -0.15) is 0 Å². The molecular formula is C9H7CoN. The number of rotatable bonds is 0. The number of benzene rings is 1. The SMILES string of the molecule is [Co].c1ccc2ncccc2c1. The van der Waals surface area contributed by atoms with Gasteiger partial charge in [0.1, 0.15) is 0 Å². The van der Waals surface area contributed by atoms with Crippen LogP contribution in [-0.4, -0.2) is 4.98 Å². The van der Waals surface area contributed by atoms with Gasteiger partial charge in [-0.15, -0.1) is 0 Å². The molecule has 2 aromatic rings. The predicted molar refractivity (Wildman–Crippen MR) is 41.7 cm³/mol. The van der Waals surface area contributed by atoms with Crippen LogP contribution in [0, 0.1) is 0 Å². The van der Waals surface area contributed by atoms with Crippen LogP contribution >= 0.6 is 0 Å². The summed E-state index contributed by atoms with van der Waals surface area (Å²) in [6, 6.07) is 12.1. The van der Waals surface area contributed by atoms with Crippen LogP contribution in [0.15, 0.2) is 42.6 Å². The minimum absolute atomic E-state index is 0. The zero-order chi connectivity index (χ0) is 6.81. The van der Waals surface area contributed by atoms with Crippen LogP contribution < -0.4 is 0 Å². The number of hydrogen-bond acceptors (Lipinski definition) is 1. The van der Waals surface area contributed by atoms with Gasteiger partial charge in [-0.25, -0.2) is 0 Å². The van der Waals surface area contributed by atoms with E-state index in [-0.39, 0.29) is 16.8 Å². The van der Waals surface area contributed by atoms with Crippen molar-refractivity contribution in [3.05, 3.63) is 42.6 Å². The first-order valence-corrected chi connectivity index (χ1v) is 3.26. The first-order chi connectivity index (χ1) is 4.97. The maximum atomic E-state index is 4.18. The Morgan fingerprint density at radius 2 is 1.64 bits per heavy atom. The predicted octanol–water partition coefficient (Wildman–Crippen LogP) is 2.23. The van der Waals surface area contributed by atoms with Crippen molar-refractivity contribution in [2.75, 3.05) is 0 Å². The van der Waals surface area contributed by atoms with E-state index < -0.39 is 0 Å². The van der Waals surface area contributed by atoms with Crippen molar-refractivity contribution in [2.24, 2.45) is 0 Å². The Morgan fingerprint density at radius 1 is 0.909 bits per heavy atom. The zero-order valence-corrected chi connectivity index (χ0v) is 6.86. The van der Waals surface area contributed by atoms with E-state index in [1.165, 1.54) is 5.39 Å². The molecule has 0 unspecified atom stereocenters. The number of aromatic nitrogens is 1. The fraction of sp³-hybridized carbons (Fsp3) is 0. The number of fused-ring (bicyclic) bond motifs is 1. The Labute approximate surface area is 75.7 Å². The van der Waals surface area contributed by atoms with Crippen molar-refractivity contribution in [3.8, 4) is 0 Å². The Kier molecular flexibility index (Phi) is 2.62. The summed E-state index contributed by atoms with van der Waals surface area (Å²) in [5.41, 5.74) is 1.06. The second-order valence-electron chi connectivity index (χ2n) is 2.20. The van der Waals surface area contributed by atoms with E-state index in [1.54, 1.807) is 0 Å². The fourth-order valence-electron chi connectivity index (χ4n) is 1.02. The molecule has 0 N–H and O–H groups in total. The second kappa shape index (κ2) is 3.51. The summed E-state index contributed by atoms with van der Waals surface area (Å²) in [5.74, 6) is 0. The molecule has 1 aromatic carbocycles. The van der Waals surface area contributed by atoms with E-state index in [0.29, 0.717) is 0 Å². The van der Waals surface area contributed by atoms with E-state index in [4.69, 9.17) is 0 Å². The standard InChI is InChI=1S/C9H7N.Co/c1-2-6-9-8(4-1)5-3-7-10-9;/h1-7H;. The summed E-state index contributed by atoms with van der Waals surface area (Å²) >= 11 is 0. The molecule has 1 aromatic heterocycles. The molecule has 0 saturated heterocycles. The second-order valence-corrected chi connectivity index (χ2v) is 2.20. The van der Waals surface area contributed by atoms with Gasteiger partial charge in [0.25, 0.3) is 0 Å². The normalized spacial score (nSPS) is 9.09. The van der Waals surface area contributed by atoms with Crippen molar-refractivity contribution in [1.29, 1.82) is 0 Å². The van der Waals surface area contributed by atoms with Gasteiger partial charge in [-0.3, -0.25) is 4.98 Å².